The molecule has 4 rings (SSSR count). The summed E-state index contributed by atoms with van der Waals surface area (Å²) in [6.45, 7) is 2.44. The van der Waals surface area contributed by atoms with Crippen LogP contribution in [-0.2, 0) is 0 Å². The van der Waals surface area contributed by atoms with Gasteiger partial charge in [-0.15, -0.1) is 0 Å². The number of carbonyl (C=O) groups excluding carboxylic acids is 1. The molecule has 28 heavy (non-hydrogen) atoms. The van der Waals surface area contributed by atoms with Crippen LogP contribution in [0.25, 0.3) is 11.4 Å². The van der Waals surface area contributed by atoms with Crippen molar-refractivity contribution in [3.63, 3.8) is 0 Å². The second-order valence-corrected chi connectivity index (χ2v) is 7.00. The number of aromatic amines is 1. The fourth-order valence-electron chi connectivity index (χ4n) is 3.78. The third kappa shape index (κ3) is 3.97. The van der Waals surface area contributed by atoms with Crippen molar-refractivity contribution in [3.8, 4) is 11.4 Å². The summed E-state index contributed by atoms with van der Waals surface area (Å²) in [4.78, 5) is 22.6. The van der Waals surface area contributed by atoms with Crippen LogP contribution in [0, 0.1) is 5.82 Å². The van der Waals surface area contributed by atoms with Crippen LogP contribution in [0.4, 0.5) is 4.39 Å². The molecular weight excluding hydrogens is 355 g/mol. The molecule has 0 bridgehead atoms. The summed E-state index contributed by atoms with van der Waals surface area (Å²) in [6.07, 6.45) is 5.70. The maximum absolute atomic E-state index is 13.3. The fraction of sp³-hybridized carbons (Fsp3) is 0.273. The first-order valence-corrected chi connectivity index (χ1v) is 9.59. The Morgan fingerprint density at radius 2 is 1.89 bits per heavy atom. The standard InChI is InChI=1S/C22H23FN4O/c23-17-9-7-16(8-10-17)20(27-13-3-4-14-27)15-26-22(28)19-6-2-1-5-18(19)21-24-11-12-25-21/h1-2,5-12,20H,3-4,13-15H2,(H,24,25)(H,26,28). The number of nitrogens with one attached hydrogen (secondary N) is 2. The first-order chi connectivity index (χ1) is 13.7. The van der Waals surface area contributed by atoms with Gasteiger partial charge in [-0.25, -0.2) is 9.37 Å². The van der Waals surface area contributed by atoms with Gasteiger partial charge in [0.25, 0.3) is 5.91 Å². The molecule has 1 fully saturated rings. The number of H-pyrrole nitrogens is 1. The molecule has 0 spiro atoms. The van der Waals surface area contributed by atoms with Gasteiger partial charge in [-0.05, 0) is 49.7 Å². The summed E-state index contributed by atoms with van der Waals surface area (Å²) >= 11 is 0. The molecule has 1 aromatic heterocycles. The first-order valence-electron chi connectivity index (χ1n) is 9.59. The number of hydrogen-bond donors (Lipinski definition) is 2. The molecule has 1 saturated heterocycles. The fourth-order valence-corrected chi connectivity index (χ4v) is 3.78. The second kappa shape index (κ2) is 8.35. The molecule has 1 amide bonds. The van der Waals surface area contributed by atoms with Crippen molar-refractivity contribution in [3.05, 3.63) is 77.9 Å². The molecule has 0 saturated carbocycles. The van der Waals surface area contributed by atoms with Crippen LogP contribution in [0.15, 0.2) is 60.9 Å². The number of benzene rings is 2. The molecule has 1 unspecified atom stereocenters. The van der Waals surface area contributed by atoms with Crippen molar-refractivity contribution >= 4 is 5.91 Å². The zero-order valence-corrected chi connectivity index (χ0v) is 15.6. The van der Waals surface area contributed by atoms with Gasteiger partial charge in [0.15, 0.2) is 0 Å². The van der Waals surface area contributed by atoms with Crippen LogP contribution in [0.1, 0.15) is 34.8 Å². The number of amides is 1. The SMILES string of the molecule is O=C(NCC(c1ccc(F)cc1)N1CCCC1)c1ccccc1-c1ncc[nH]1. The predicted molar refractivity (Wildman–Crippen MR) is 106 cm³/mol. The molecule has 2 aromatic carbocycles. The molecule has 5 nitrogen and oxygen atoms in total. The minimum absolute atomic E-state index is 0.0304. The first kappa shape index (κ1) is 18.4. The minimum atomic E-state index is -0.250. The summed E-state index contributed by atoms with van der Waals surface area (Å²) < 4.78 is 13.3. The van der Waals surface area contributed by atoms with E-state index in [1.807, 2.05) is 18.2 Å². The van der Waals surface area contributed by atoms with Crippen molar-refractivity contribution < 1.29 is 9.18 Å². The number of likely N-dealkylation sites (tertiary alicyclic amines) is 1. The molecule has 2 heterocycles. The zero-order valence-electron chi connectivity index (χ0n) is 15.6. The Hall–Kier alpha value is -2.99. The van der Waals surface area contributed by atoms with Gasteiger partial charge in [-0.1, -0.05) is 30.3 Å². The van der Waals surface area contributed by atoms with Crippen LogP contribution in [0.2, 0.25) is 0 Å². The molecule has 144 valence electrons. The van der Waals surface area contributed by atoms with E-state index in [1.54, 1.807) is 30.6 Å². The summed E-state index contributed by atoms with van der Waals surface area (Å²) in [5.74, 6) is 0.277. The zero-order chi connectivity index (χ0) is 19.3. The van der Waals surface area contributed by atoms with Gasteiger partial charge in [-0.2, -0.15) is 0 Å². The number of imidazole rings is 1. The van der Waals surface area contributed by atoms with Crippen LogP contribution < -0.4 is 5.32 Å². The molecule has 1 aliphatic heterocycles. The van der Waals surface area contributed by atoms with Gasteiger partial charge < -0.3 is 10.3 Å². The number of rotatable bonds is 6. The van der Waals surface area contributed by atoms with E-state index >= 15 is 0 Å². The Bertz CT molecular complexity index is 918. The lowest BCUT2D eigenvalue weighted by atomic mass is 10.0. The van der Waals surface area contributed by atoms with Crippen LogP contribution in [-0.4, -0.2) is 40.4 Å². The van der Waals surface area contributed by atoms with Crippen molar-refractivity contribution in [1.82, 2.24) is 20.2 Å². The van der Waals surface area contributed by atoms with Gasteiger partial charge in [-0.3, -0.25) is 9.69 Å². The topological polar surface area (TPSA) is 61.0 Å². The average Bonchev–Trinajstić information content (AvgIpc) is 3.44. The monoisotopic (exact) mass is 378 g/mol. The number of halogens is 1. The van der Waals surface area contributed by atoms with Gasteiger partial charge in [0, 0.05) is 24.5 Å². The van der Waals surface area contributed by atoms with E-state index in [4.69, 9.17) is 0 Å². The van der Waals surface area contributed by atoms with E-state index in [0.717, 1.165) is 37.1 Å². The number of aromatic nitrogens is 2. The van der Waals surface area contributed by atoms with Crippen LogP contribution >= 0.6 is 0 Å². The van der Waals surface area contributed by atoms with E-state index in [2.05, 4.69) is 20.2 Å². The Kier molecular flexibility index (Phi) is 5.48. The molecular formula is C22H23FN4O. The lowest BCUT2D eigenvalue weighted by Gasteiger charge is -2.28. The quantitative estimate of drug-likeness (QED) is 0.686. The molecule has 1 aliphatic rings. The molecule has 6 heteroatoms. The molecule has 3 aromatic rings. The van der Waals surface area contributed by atoms with Crippen LogP contribution in [0.5, 0.6) is 0 Å². The molecule has 0 radical (unpaired) electrons. The Labute approximate surface area is 163 Å². The van der Waals surface area contributed by atoms with E-state index in [0.29, 0.717) is 17.9 Å². The average molecular weight is 378 g/mol. The Morgan fingerprint density at radius 3 is 2.61 bits per heavy atom. The van der Waals surface area contributed by atoms with Crippen molar-refractivity contribution in [2.24, 2.45) is 0 Å². The largest absolute Gasteiger partial charge is 0.350 e. The van der Waals surface area contributed by atoms with Gasteiger partial charge in [0.1, 0.15) is 11.6 Å². The summed E-state index contributed by atoms with van der Waals surface area (Å²) in [5, 5.41) is 3.08. The summed E-state index contributed by atoms with van der Waals surface area (Å²) in [7, 11) is 0. The van der Waals surface area contributed by atoms with E-state index in [-0.39, 0.29) is 17.8 Å². The maximum Gasteiger partial charge on any atom is 0.252 e. The smallest absolute Gasteiger partial charge is 0.252 e. The number of nitrogens with zero attached hydrogens (tertiary/aromatic N) is 2. The second-order valence-electron chi connectivity index (χ2n) is 7.00. The number of carbonyl (C=O) groups is 1. The lowest BCUT2D eigenvalue weighted by molar-refractivity contribution is 0.0938. The highest BCUT2D eigenvalue weighted by Crippen LogP contribution is 2.25. The third-order valence-electron chi connectivity index (χ3n) is 5.22. The van der Waals surface area contributed by atoms with Gasteiger partial charge >= 0.3 is 0 Å². The normalized spacial score (nSPS) is 15.5. The molecule has 1 atom stereocenters. The van der Waals surface area contributed by atoms with E-state index < -0.39 is 0 Å². The maximum atomic E-state index is 13.3. The van der Waals surface area contributed by atoms with E-state index in [9.17, 15) is 9.18 Å². The predicted octanol–water partition coefficient (Wildman–Crippen LogP) is 3.78. The minimum Gasteiger partial charge on any atom is -0.350 e. The highest BCUT2D eigenvalue weighted by molar-refractivity contribution is 6.00. The van der Waals surface area contributed by atoms with Crippen LogP contribution in [0.3, 0.4) is 0 Å². The van der Waals surface area contributed by atoms with Crippen molar-refractivity contribution in [2.75, 3.05) is 19.6 Å². The van der Waals surface area contributed by atoms with Crippen molar-refractivity contribution in [1.29, 1.82) is 0 Å². The lowest BCUT2D eigenvalue weighted by Crippen LogP contribution is -2.37. The summed E-state index contributed by atoms with van der Waals surface area (Å²) in [5.41, 5.74) is 2.36. The highest BCUT2D eigenvalue weighted by atomic mass is 19.1. The number of hydrogen-bond acceptors (Lipinski definition) is 3. The highest BCUT2D eigenvalue weighted by Gasteiger charge is 2.24. The Morgan fingerprint density at radius 1 is 1.14 bits per heavy atom. The van der Waals surface area contributed by atoms with E-state index in [1.165, 1.54) is 12.1 Å². The molecule has 0 aliphatic carbocycles. The van der Waals surface area contributed by atoms with Crippen molar-refractivity contribution in [2.45, 2.75) is 18.9 Å². The molecule has 2 N–H and O–H groups in total. The summed E-state index contributed by atoms with van der Waals surface area (Å²) in [6, 6.07) is 14.0. The van der Waals surface area contributed by atoms with Gasteiger partial charge in [0.2, 0.25) is 0 Å². The Balaban J connectivity index is 1.53. The third-order valence-corrected chi connectivity index (χ3v) is 5.22. The van der Waals surface area contributed by atoms with Gasteiger partial charge in [0.05, 0.1) is 11.6 Å².